The van der Waals surface area contributed by atoms with Crippen molar-refractivity contribution in [3.63, 3.8) is 0 Å². The lowest BCUT2D eigenvalue weighted by Gasteiger charge is -2.33. The minimum Gasteiger partial charge on any atom is -0.494 e. The number of aromatic nitrogens is 1. The lowest BCUT2D eigenvalue weighted by Crippen LogP contribution is -2.35. The molecule has 0 aliphatic carbocycles. The molecule has 1 fully saturated rings. The summed E-state index contributed by atoms with van der Waals surface area (Å²) in [6, 6.07) is 7.96. The van der Waals surface area contributed by atoms with Crippen LogP contribution < -0.4 is 15.0 Å². The number of aliphatic hydroxyl groups excluding tert-OH is 1. The molecule has 186 valence electrons. The number of benzene rings is 1. The molecule has 1 aromatic heterocycles. The van der Waals surface area contributed by atoms with Crippen molar-refractivity contribution in [2.24, 2.45) is 5.92 Å². The van der Waals surface area contributed by atoms with Crippen LogP contribution in [0.25, 0.3) is 0 Å². The summed E-state index contributed by atoms with van der Waals surface area (Å²) < 4.78 is 6.02. The van der Waals surface area contributed by atoms with Gasteiger partial charge in [-0.1, -0.05) is 19.9 Å². The molecule has 34 heavy (non-hydrogen) atoms. The van der Waals surface area contributed by atoms with Gasteiger partial charge in [0.1, 0.15) is 11.6 Å². The highest BCUT2D eigenvalue weighted by atomic mass is 16.5. The molecule has 2 heterocycles. The third-order valence-corrected chi connectivity index (χ3v) is 6.79. The first kappa shape index (κ1) is 26.0. The number of carbonyl (C=O) groups excluding carboxylic acids is 1. The van der Waals surface area contributed by atoms with Gasteiger partial charge in [0.25, 0.3) is 5.91 Å². The molecule has 0 unspecified atom stereocenters. The summed E-state index contributed by atoms with van der Waals surface area (Å²) in [5, 5.41) is 12.0. The van der Waals surface area contributed by atoms with Crippen LogP contribution in [-0.2, 0) is 0 Å². The Morgan fingerprint density at radius 2 is 1.85 bits per heavy atom. The number of nitrogens with one attached hydrogen (secondary N) is 1. The molecule has 3 rings (SSSR count). The van der Waals surface area contributed by atoms with Crippen molar-refractivity contribution in [1.82, 2.24) is 10.3 Å². The average molecular weight is 468 g/mol. The number of carbonyl (C=O) groups is 1. The van der Waals surface area contributed by atoms with Crippen LogP contribution in [0.4, 0.5) is 5.82 Å². The Hall–Kier alpha value is -2.60. The summed E-state index contributed by atoms with van der Waals surface area (Å²) in [5.74, 6) is 3.01. The van der Waals surface area contributed by atoms with Crippen LogP contribution in [0.3, 0.4) is 0 Å². The smallest absolute Gasteiger partial charge is 0.252 e. The van der Waals surface area contributed by atoms with E-state index in [1.54, 1.807) is 6.92 Å². The SMILES string of the molecule is Cc1cc(OCCCC2CCN(c3ccc(C(C)C)cn3)CC2)cc(C)c1C(=O)N[C@H](C)CO. The van der Waals surface area contributed by atoms with Crippen molar-refractivity contribution in [3.8, 4) is 5.75 Å². The lowest BCUT2D eigenvalue weighted by molar-refractivity contribution is 0.0921. The monoisotopic (exact) mass is 467 g/mol. The Kier molecular flexibility index (Phi) is 9.34. The molecule has 6 heteroatoms. The van der Waals surface area contributed by atoms with Crippen LogP contribution >= 0.6 is 0 Å². The normalized spacial score (nSPS) is 15.4. The zero-order valence-electron chi connectivity index (χ0n) is 21.4. The van der Waals surface area contributed by atoms with Crippen LogP contribution in [0.5, 0.6) is 5.75 Å². The minimum atomic E-state index is -0.268. The highest BCUT2D eigenvalue weighted by molar-refractivity contribution is 5.97. The molecule has 0 bridgehead atoms. The zero-order chi connectivity index (χ0) is 24.7. The standard InChI is InChI=1S/C28H41N3O3/c1-19(2)24-8-9-26(29-17-24)31-12-10-23(11-13-31)7-6-14-34-25-15-20(3)27(21(4)16-25)28(33)30-22(5)18-32/h8-9,15-17,19,22-23,32H,6-7,10-14,18H2,1-5H3,(H,30,33)/t22-/m1/s1. The van der Waals surface area contributed by atoms with Crippen LogP contribution in [0.15, 0.2) is 30.5 Å². The topological polar surface area (TPSA) is 74.7 Å². The number of pyridine rings is 1. The number of hydrogen-bond donors (Lipinski definition) is 2. The third-order valence-electron chi connectivity index (χ3n) is 6.79. The van der Waals surface area contributed by atoms with Crippen LogP contribution in [0.2, 0.25) is 0 Å². The number of rotatable bonds is 10. The summed E-state index contributed by atoms with van der Waals surface area (Å²) in [7, 11) is 0. The van der Waals surface area contributed by atoms with Gasteiger partial charge in [-0.25, -0.2) is 4.98 Å². The molecular weight excluding hydrogens is 426 g/mol. The van der Waals surface area contributed by atoms with Gasteiger partial charge in [-0.05, 0) is 93.2 Å². The number of hydrogen-bond acceptors (Lipinski definition) is 5. The van der Waals surface area contributed by atoms with E-state index in [1.807, 2.05) is 32.2 Å². The Bertz CT molecular complexity index is 911. The van der Waals surface area contributed by atoms with Crippen molar-refractivity contribution in [2.45, 2.75) is 72.3 Å². The molecule has 0 saturated carbocycles. The second kappa shape index (κ2) is 12.2. The van der Waals surface area contributed by atoms with Gasteiger partial charge in [0.15, 0.2) is 0 Å². The quantitative estimate of drug-likeness (QED) is 0.481. The molecule has 1 saturated heterocycles. The van der Waals surface area contributed by atoms with E-state index in [1.165, 1.54) is 24.8 Å². The molecule has 0 spiro atoms. The summed E-state index contributed by atoms with van der Waals surface area (Å²) in [4.78, 5) is 19.6. The van der Waals surface area contributed by atoms with E-state index in [0.29, 0.717) is 18.1 Å². The Balaban J connectivity index is 1.41. The molecule has 2 aromatic rings. The predicted molar refractivity (Wildman–Crippen MR) is 138 cm³/mol. The fraction of sp³-hybridized carbons (Fsp3) is 0.571. The summed E-state index contributed by atoms with van der Waals surface area (Å²) >= 11 is 0. The Labute approximate surface area is 204 Å². The number of piperidine rings is 1. The maximum absolute atomic E-state index is 12.5. The number of nitrogens with zero attached hydrogens (tertiary/aromatic N) is 2. The van der Waals surface area contributed by atoms with E-state index in [9.17, 15) is 9.90 Å². The first-order valence-corrected chi connectivity index (χ1v) is 12.6. The van der Waals surface area contributed by atoms with Gasteiger partial charge < -0.3 is 20.1 Å². The van der Waals surface area contributed by atoms with E-state index in [-0.39, 0.29) is 18.6 Å². The largest absolute Gasteiger partial charge is 0.494 e. The Morgan fingerprint density at radius 1 is 1.18 bits per heavy atom. The van der Waals surface area contributed by atoms with Crippen molar-refractivity contribution >= 4 is 11.7 Å². The number of anilines is 1. The second-order valence-electron chi connectivity index (χ2n) is 10.0. The van der Waals surface area contributed by atoms with Crippen molar-refractivity contribution in [2.75, 3.05) is 31.2 Å². The van der Waals surface area contributed by atoms with E-state index in [0.717, 1.165) is 48.1 Å². The third kappa shape index (κ3) is 6.95. The van der Waals surface area contributed by atoms with Crippen molar-refractivity contribution in [1.29, 1.82) is 0 Å². The maximum Gasteiger partial charge on any atom is 0.252 e. The van der Waals surface area contributed by atoms with Gasteiger partial charge in [-0.15, -0.1) is 0 Å². The van der Waals surface area contributed by atoms with E-state index >= 15 is 0 Å². The molecule has 1 aliphatic rings. The van der Waals surface area contributed by atoms with Crippen molar-refractivity contribution < 1.29 is 14.6 Å². The summed E-state index contributed by atoms with van der Waals surface area (Å²) in [6.07, 6.45) is 6.61. The maximum atomic E-state index is 12.5. The van der Waals surface area contributed by atoms with Crippen LogP contribution in [0.1, 0.15) is 79.4 Å². The van der Waals surface area contributed by atoms with Gasteiger partial charge in [0, 0.05) is 30.9 Å². The zero-order valence-corrected chi connectivity index (χ0v) is 21.4. The fourth-order valence-corrected chi connectivity index (χ4v) is 4.65. The van der Waals surface area contributed by atoms with Crippen LogP contribution in [-0.4, -0.2) is 48.3 Å². The second-order valence-corrected chi connectivity index (χ2v) is 10.0. The predicted octanol–water partition coefficient (Wildman–Crippen LogP) is 5.01. The Morgan fingerprint density at radius 3 is 2.41 bits per heavy atom. The first-order chi connectivity index (χ1) is 16.3. The van der Waals surface area contributed by atoms with Gasteiger partial charge in [0.05, 0.1) is 13.2 Å². The number of aliphatic hydroxyl groups is 1. The van der Waals surface area contributed by atoms with Gasteiger partial charge in [-0.3, -0.25) is 4.79 Å². The van der Waals surface area contributed by atoms with E-state index in [2.05, 4.69) is 41.2 Å². The minimum absolute atomic E-state index is 0.0770. The van der Waals surface area contributed by atoms with E-state index in [4.69, 9.17) is 4.74 Å². The lowest BCUT2D eigenvalue weighted by atomic mass is 9.92. The summed E-state index contributed by atoms with van der Waals surface area (Å²) in [6.45, 7) is 12.8. The highest BCUT2D eigenvalue weighted by Crippen LogP contribution is 2.27. The molecule has 1 atom stereocenters. The molecular formula is C28H41N3O3. The van der Waals surface area contributed by atoms with Gasteiger partial charge in [0.2, 0.25) is 0 Å². The average Bonchev–Trinajstić information content (AvgIpc) is 2.81. The molecule has 1 aliphatic heterocycles. The van der Waals surface area contributed by atoms with E-state index < -0.39 is 0 Å². The highest BCUT2D eigenvalue weighted by Gasteiger charge is 2.20. The molecule has 2 N–H and O–H groups in total. The number of ether oxygens (including phenoxy) is 1. The molecule has 1 amide bonds. The van der Waals surface area contributed by atoms with Crippen LogP contribution in [0, 0.1) is 19.8 Å². The first-order valence-electron chi connectivity index (χ1n) is 12.6. The molecule has 1 aromatic carbocycles. The van der Waals surface area contributed by atoms with Gasteiger partial charge in [-0.2, -0.15) is 0 Å². The van der Waals surface area contributed by atoms with Gasteiger partial charge >= 0.3 is 0 Å². The molecule has 0 radical (unpaired) electrons. The van der Waals surface area contributed by atoms with Crippen molar-refractivity contribution in [3.05, 3.63) is 52.7 Å². The number of aryl methyl sites for hydroxylation is 2. The summed E-state index contributed by atoms with van der Waals surface area (Å²) in [5.41, 5.74) is 3.73. The molecule has 6 nitrogen and oxygen atoms in total. The number of amides is 1. The fourth-order valence-electron chi connectivity index (χ4n) is 4.65.